The van der Waals surface area contributed by atoms with Gasteiger partial charge in [-0.1, -0.05) is 0 Å². The van der Waals surface area contributed by atoms with Crippen molar-refractivity contribution in [2.45, 2.75) is 0 Å². The van der Waals surface area contributed by atoms with Gasteiger partial charge < -0.3 is 5.11 Å². The van der Waals surface area contributed by atoms with Crippen LogP contribution in [0.15, 0.2) is 18.2 Å². The van der Waals surface area contributed by atoms with Crippen LogP contribution in [0, 0.1) is 5.82 Å². The summed E-state index contributed by atoms with van der Waals surface area (Å²) in [6.45, 7) is 0. The SMILES string of the molecule is NS(=O)(=O)Nc1cc(C(=O)O)ccc1F. The number of anilines is 1. The van der Waals surface area contributed by atoms with Crippen LogP contribution in [-0.2, 0) is 10.2 Å². The lowest BCUT2D eigenvalue weighted by molar-refractivity contribution is 0.0697. The van der Waals surface area contributed by atoms with Gasteiger partial charge in [-0.05, 0) is 18.2 Å². The zero-order valence-corrected chi connectivity index (χ0v) is 8.08. The van der Waals surface area contributed by atoms with E-state index in [9.17, 15) is 17.6 Å². The van der Waals surface area contributed by atoms with Crippen molar-refractivity contribution in [2.24, 2.45) is 5.14 Å². The molecule has 0 aromatic heterocycles. The number of rotatable bonds is 3. The summed E-state index contributed by atoms with van der Waals surface area (Å²) in [4.78, 5) is 10.5. The van der Waals surface area contributed by atoms with Gasteiger partial charge in [-0.25, -0.2) is 14.3 Å². The Labute approximate surface area is 84.7 Å². The van der Waals surface area contributed by atoms with Gasteiger partial charge in [0.15, 0.2) is 0 Å². The molecule has 1 aromatic carbocycles. The van der Waals surface area contributed by atoms with Crippen molar-refractivity contribution in [2.75, 3.05) is 4.72 Å². The standard InChI is InChI=1S/C7H7FN2O4S/c8-5-2-1-4(7(11)12)3-6(5)10-15(9,13)14/h1-3,10H,(H,11,12)(H2,9,13,14). The minimum absolute atomic E-state index is 0.248. The molecule has 0 saturated carbocycles. The van der Waals surface area contributed by atoms with Gasteiger partial charge in [0.1, 0.15) is 5.82 Å². The first-order chi connectivity index (χ1) is 6.79. The number of aromatic carboxylic acids is 1. The van der Waals surface area contributed by atoms with Crippen molar-refractivity contribution in [3.63, 3.8) is 0 Å². The average Bonchev–Trinajstić information content (AvgIpc) is 2.06. The number of nitrogens with one attached hydrogen (secondary N) is 1. The van der Waals surface area contributed by atoms with Crippen LogP contribution in [0.3, 0.4) is 0 Å². The molecule has 15 heavy (non-hydrogen) atoms. The van der Waals surface area contributed by atoms with Gasteiger partial charge in [-0.3, -0.25) is 4.72 Å². The van der Waals surface area contributed by atoms with Crippen molar-refractivity contribution in [1.29, 1.82) is 0 Å². The Hall–Kier alpha value is -1.67. The molecule has 0 radical (unpaired) electrons. The molecule has 0 amide bonds. The first-order valence-electron chi connectivity index (χ1n) is 3.63. The number of carboxylic acid groups (broad SMARTS) is 1. The molecule has 6 nitrogen and oxygen atoms in total. The molecule has 1 aromatic rings. The molecule has 0 saturated heterocycles. The predicted molar refractivity (Wildman–Crippen MR) is 50.1 cm³/mol. The van der Waals surface area contributed by atoms with E-state index in [1.54, 1.807) is 4.72 Å². The second-order valence-corrected chi connectivity index (χ2v) is 3.94. The van der Waals surface area contributed by atoms with Crippen LogP contribution in [0.4, 0.5) is 10.1 Å². The van der Waals surface area contributed by atoms with Gasteiger partial charge in [0.05, 0.1) is 11.3 Å². The van der Waals surface area contributed by atoms with Gasteiger partial charge in [0.2, 0.25) is 0 Å². The van der Waals surface area contributed by atoms with E-state index in [2.05, 4.69) is 5.14 Å². The van der Waals surface area contributed by atoms with Crippen molar-refractivity contribution >= 4 is 21.9 Å². The van der Waals surface area contributed by atoms with Crippen molar-refractivity contribution in [1.82, 2.24) is 0 Å². The Balaban J connectivity index is 3.17. The maximum absolute atomic E-state index is 13.0. The van der Waals surface area contributed by atoms with E-state index in [0.29, 0.717) is 0 Å². The molecular formula is C7H7FN2O4S. The van der Waals surface area contributed by atoms with Gasteiger partial charge in [0, 0.05) is 0 Å². The maximum atomic E-state index is 13.0. The van der Waals surface area contributed by atoms with Crippen LogP contribution in [0.1, 0.15) is 10.4 Å². The number of nitrogens with two attached hydrogens (primary N) is 1. The highest BCUT2D eigenvalue weighted by molar-refractivity contribution is 7.90. The Kier molecular flexibility index (Phi) is 2.91. The minimum Gasteiger partial charge on any atom is -0.478 e. The highest BCUT2D eigenvalue weighted by Crippen LogP contribution is 2.16. The summed E-state index contributed by atoms with van der Waals surface area (Å²) in [6.07, 6.45) is 0. The molecule has 0 aliphatic heterocycles. The number of halogens is 1. The zero-order chi connectivity index (χ0) is 11.6. The lowest BCUT2D eigenvalue weighted by Gasteiger charge is -2.05. The molecule has 0 aliphatic rings. The third-order valence-corrected chi connectivity index (χ3v) is 1.97. The Morgan fingerprint density at radius 1 is 1.47 bits per heavy atom. The number of carbonyl (C=O) groups is 1. The normalized spacial score (nSPS) is 11.1. The Morgan fingerprint density at radius 3 is 2.53 bits per heavy atom. The van der Waals surface area contributed by atoms with Crippen LogP contribution in [0.5, 0.6) is 0 Å². The summed E-state index contributed by atoms with van der Waals surface area (Å²) >= 11 is 0. The van der Waals surface area contributed by atoms with Crippen molar-refractivity contribution in [3.05, 3.63) is 29.6 Å². The summed E-state index contributed by atoms with van der Waals surface area (Å²) in [7, 11) is -4.13. The fraction of sp³-hybridized carbons (Fsp3) is 0. The van der Waals surface area contributed by atoms with Crippen LogP contribution < -0.4 is 9.86 Å². The molecule has 0 heterocycles. The monoisotopic (exact) mass is 234 g/mol. The minimum atomic E-state index is -4.13. The number of hydrogen-bond acceptors (Lipinski definition) is 3. The molecule has 82 valence electrons. The van der Waals surface area contributed by atoms with Crippen LogP contribution >= 0.6 is 0 Å². The molecule has 0 aliphatic carbocycles. The summed E-state index contributed by atoms with van der Waals surface area (Å²) < 4.78 is 35.8. The lowest BCUT2D eigenvalue weighted by atomic mass is 10.2. The predicted octanol–water partition coefficient (Wildman–Crippen LogP) is 0.139. The van der Waals surface area contributed by atoms with E-state index >= 15 is 0 Å². The van der Waals surface area contributed by atoms with Gasteiger partial charge in [-0.2, -0.15) is 8.42 Å². The van der Waals surface area contributed by atoms with Crippen molar-refractivity contribution in [3.8, 4) is 0 Å². The third-order valence-electron chi connectivity index (χ3n) is 1.47. The molecule has 1 rings (SSSR count). The topological polar surface area (TPSA) is 109 Å². The first kappa shape index (κ1) is 11.4. The van der Waals surface area contributed by atoms with E-state index in [4.69, 9.17) is 5.11 Å². The first-order valence-corrected chi connectivity index (χ1v) is 5.17. The number of hydrogen-bond donors (Lipinski definition) is 3. The average molecular weight is 234 g/mol. The fourth-order valence-electron chi connectivity index (χ4n) is 0.890. The van der Waals surface area contributed by atoms with Crippen LogP contribution in [-0.4, -0.2) is 19.5 Å². The second-order valence-electron chi connectivity index (χ2n) is 2.65. The zero-order valence-electron chi connectivity index (χ0n) is 7.27. The molecule has 8 heteroatoms. The van der Waals surface area contributed by atoms with Crippen LogP contribution in [0.25, 0.3) is 0 Å². The largest absolute Gasteiger partial charge is 0.478 e. The maximum Gasteiger partial charge on any atom is 0.335 e. The van der Waals surface area contributed by atoms with Gasteiger partial charge >= 0.3 is 5.97 Å². The molecule has 0 spiro atoms. The van der Waals surface area contributed by atoms with Crippen molar-refractivity contribution < 1.29 is 22.7 Å². The number of carboxylic acids is 1. The second kappa shape index (κ2) is 3.83. The third kappa shape index (κ3) is 3.18. The quantitative estimate of drug-likeness (QED) is 0.690. The Morgan fingerprint density at radius 2 is 2.07 bits per heavy atom. The van der Waals surface area contributed by atoms with Gasteiger partial charge in [0.25, 0.3) is 10.2 Å². The fourth-order valence-corrected chi connectivity index (χ4v) is 1.35. The highest BCUT2D eigenvalue weighted by Gasteiger charge is 2.11. The van der Waals surface area contributed by atoms with E-state index in [1.807, 2.05) is 0 Å². The van der Waals surface area contributed by atoms with E-state index in [-0.39, 0.29) is 5.56 Å². The number of benzene rings is 1. The summed E-state index contributed by atoms with van der Waals surface area (Å²) in [5.74, 6) is -2.21. The van der Waals surface area contributed by atoms with E-state index in [0.717, 1.165) is 18.2 Å². The smallest absolute Gasteiger partial charge is 0.335 e. The summed E-state index contributed by atoms with van der Waals surface area (Å²) in [5.41, 5.74) is -0.750. The Bertz CT molecular complexity index is 500. The molecule has 0 unspecified atom stereocenters. The van der Waals surface area contributed by atoms with Crippen LogP contribution in [0.2, 0.25) is 0 Å². The van der Waals surface area contributed by atoms with E-state index < -0.39 is 27.7 Å². The molecule has 0 bridgehead atoms. The van der Waals surface area contributed by atoms with Gasteiger partial charge in [-0.15, -0.1) is 0 Å². The highest BCUT2D eigenvalue weighted by atomic mass is 32.2. The summed E-state index contributed by atoms with van der Waals surface area (Å²) in [5, 5.41) is 13.2. The van der Waals surface area contributed by atoms with E-state index in [1.165, 1.54) is 0 Å². The molecular weight excluding hydrogens is 227 g/mol. The molecule has 0 fully saturated rings. The lowest BCUT2D eigenvalue weighted by Crippen LogP contribution is -2.22. The summed E-state index contributed by atoms with van der Waals surface area (Å²) in [6, 6.07) is 2.67. The molecule has 4 N–H and O–H groups in total. The molecule has 0 atom stereocenters.